The zero-order valence-corrected chi connectivity index (χ0v) is 21.6. The first-order chi connectivity index (χ1) is 18.2. The van der Waals surface area contributed by atoms with Crippen LogP contribution < -0.4 is 10.2 Å². The first kappa shape index (κ1) is 28.3. The molecule has 3 atom stereocenters. The molecule has 2 saturated heterocycles. The topological polar surface area (TPSA) is 121 Å². The van der Waals surface area contributed by atoms with Crippen LogP contribution in [0.4, 0.5) is 28.0 Å². The summed E-state index contributed by atoms with van der Waals surface area (Å²) in [6.07, 6.45) is -7.22. The number of nitriles is 1. The quantitative estimate of drug-likeness (QED) is 0.573. The lowest BCUT2D eigenvalue weighted by Gasteiger charge is -2.40. The van der Waals surface area contributed by atoms with Gasteiger partial charge in [-0.15, -0.1) is 0 Å². The fourth-order valence-corrected chi connectivity index (χ4v) is 4.59. The van der Waals surface area contributed by atoms with Crippen molar-refractivity contribution in [1.82, 2.24) is 20.2 Å². The molecular weight excluding hydrogens is 524 g/mol. The van der Waals surface area contributed by atoms with E-state index in [1.165, 1.54) is 17.3 Å². The summed E-state index contributed by atoms with van der Waals surface area (Å²) in [7, 11) is 0. The molecule has 0 unspecified atom stereocenters. The van der Waals surface area contributed by atoms with Crippen molar-refractivity contribution in [2.75, 3.05) is 31.1 Å². The number of anilines is 1. The maximum absolute atomic E-state index is 15.4. The molecule has 0 radical (unpaired) electrons. The summed E-state index contributed by atoms with van der Waals surface area (Å²) in [5.41, 5.74) is -2.33. The van der Waals surface area contributed by atoms with Gasteiger partial charge < -0.3 is 24.6 Å². The van der Waals surface area contributed by atoms with E-state index in [1.807, 2.05) is 6.07 Å². The Labute approximate surface area is 221 Å². The number of hydrogen-bond acceptors (Lipinski definition) is 8. The van der Waals surface area contributed by atoms with E-state index in [4.69, 9.17) is 9.47 Å². The van der Waals surface area contributed by atoms with Crippen LogP contribution in [-0.4, -0.2) is 82.8 Å². The van der Waals surface area contributed by atoms with E-state index in [2.05, 4.69) is 15.3 Å². The molecule has 210 valence electrons. The molecule has 0 bridgehead atoms. The number of aromatic nitrogens is 2. The molecule has 4 heterocycles. The van der Waals surface area contributed by atoms with Crippen LogP contribution in [0, 0.1) is 11.3 Å². The van der Waals surface area contributed by atoms with E-state index in [9.17, 15) is 28.0 Å². The average Bonchev–Trinajstić information content (AvgIpc) is 3.23. The fraction of sp³-hybridized carbons (Fsp3) is 0.560. The summed E-state index contributed by atoms with van der Waals surface area (Å²) in [4.78, 5) is 35.7. The first-order valence-electron chi connectivity index (χ1n) is 12.2. The number of alkyl halides is 4. The molecule has 39 heavy (non-hydrogen) atoms. The molecule has 0 aromatic carbocycles. The van der Waals surface area contributed by atoms with Crippen LogP contribution in [-0.2, 0) is 14.3 Å². The van der Waals surface area contributed by atoms with Crippen LogP contribution >= 0.6 is 0 Å². The van der Waals surface area contributed by atoms with Gasteiger partial charge in [0.05, 0.1) is 37.9 Å². The van der Waals surface area contributed by atoms with E-state index >= 15 is 4.39 Å². The highest BCUT2D eigenvalue weighted by Crippen LogP contribution is 2.34. The molecule has 4 rings (SSSR count). The molecule has 0 spiro atoms. The van der Waals surface area contributed by atoms with Crippen LogP contribution in [0.2, 0.25) is 0 Å². The van der Waals surface area contributed by atoms with E-state index in [-0.39, 0.29) is 43.0 Å². The highest BCUT2D eigenvalue weighted by atomic mass is 19.4. The molecule has 2 aliphatic heterocycles. The van der Waals surface area contributed by atoms with Crippen LogP contribution in [0.25, 0.3) is 10.9 Å². The minimum Gasteiger partial charge on any atom is -0.444 e. The number of halogens is 4. The zero-order chi connectivity index (χ0) is 28.6. The van der Waals surface area contributed by atoms with Gasteiger partial charge in [0.1, 0.15) is 29.1 Å². The van der Waals surface area contributed by atoms with Gasteiger partial charge in [0.25, 0.3) is 0 Å². The second-order valence-corrected chi connectivity index (χ2v) is 10.6. The molecule has 10 nitrogen and oxygen atoms in total. The fourth-order valence-electron chi connectivity index (χ4n) is 4.59. The SMILES string of the molecule is CC(C)(C)OC(=O)N1CC[C@@](F)(CC(=O)N[C@@H]2CN(c3cnc(C#N)c4ncccc34)C[C@H](C(F)(F)F)O2)C1. The maximum atomic E-state index is 15.4. The minimum atomic E-state index is -4.75. The zero-order valence-electron chi connectivity index (χ0n) is 21.6. The van der Waals surface area contributed by atoms with Gasteiger partial charge in [-0.05, 0) is 32.9 Å². The van der Waals surface area contributed by atoms with Gasteiger partial charge in [0, 0.05) is 24.5 Å². The highest BCUT2D eigenvalue weighted by molar-refractivity contribution is 5.93. The Morgan fingerprint density at radius 3 is 2.69 bits per heavy atom. The van der Waals surface area contributed by atoms with Crippen molar-refractivity contribution >= 4 is 28.6 Å². The number of pyridine rings is 2. The minimum absolute atomic E-state index is 0.0186. The highest BCUT2D eigenvalue weighted by Gasteiger charge is 2.48. The number of ether oxygens (including phenoxy) is 2. The van der Waals surface area contributed by atoms with Crippen molar-refractivity contribution in [3.63, 3.8) is 0 Å². The molecule has 2 aromatic rings. The van der Waals surface area contributed by atoms with Gasteiger partial charge in [-0.2, -0.15) is 18.4 Å². The number of fused-ring (bicyclic) bond motifs is 1. The summed E-state index contributed by atoms with van der Waals surface area (Å²) in [5.74, 6) is -0.860. The van der Waals surface area contributed by atoms with Crippen molar-refractivity contribution in [3.05, 3.63) is 30.2 Å². The average molecular weight is 553 g/mol. The largest absolute Gasteiger partial charge is 0.444 e. The molecule has 0 aliphatic carbocycles. The van der Waals surface area contributed by atoms with Gasteiger partial charge in [-0.1, -0.05) is 0 Å². The standard InChI is InChI=1S/C25H28F4N6O4/c1-23(2,3)39-22(37)34-8-6-24(26,14-34)9-19(36)33-20-13-35(12-18(38-20)25(27,28)29)17-11-32-16(10-30)21-15(17)5-4-7-31-21/h4-5,7,11,18,20H,6,8-9,12-14H2,1-3H3,(H,33,36)/t18-,20+,24-/m1/s1. The molecule has 0 saturated carbocycles. The normalized spacial score (nSPS) is 23.9. The number of nitrogens with zero attached hydrogens (tertiary/aromatic N) is 5. The van der Waals surface area contributed by atoms with Gasteiger partial charge in [0.2, 0.25) is 5.91 Å². The Bertz CT molecular complexity index is 1290. The molecule has 2 amide bonds. The first-order valence-corrected chi connectivity index (χ1v) is 12.2. The third-order valence-corrected chi connectivity index (χ3v) is 6.29. The van der Waals surface area contributed by atoms with Crippen molar-refractivity contribution < 1.29 is 36.6 Å². The summed E-state index contributed by atoms with van der Waals surface area (Å²) >= 11 is 0. The van der Waals surface area contributed by atoms with Gasteiger partial charge >= 0.3 is 12.3 Å². The molecule has 2 aromatic heterocycles. The lowest BCUT2D eigenvalue weighted by molar-refractivity contribution is -0.239. The Kier molecular flexibility index (Phi) is 7.57. The summed E-state index contributed by atoms with van der Waals surface area (Å²) in [5, 5.41) is 12.1. The van der Waals surface area contributed by atoms with E-state index in [1.54, 1.807) is 32.9 Å². The van der Waals surface area contributed by atoms with E-state index in [0.29, 0.717) is 5.39 Å². The Morgan fingerprint density at radius 2 is 2.03 bits per heavy atom. The third-order valence-electron chi connectivity index (χ3n) is 6.29. The van der Waals surface area contributed by atoms with Crippen LogP contribution in [0.5, 0.6) is 0 Å². The van der Waals surface area contributed by atoms with E-state index < -0.39 is 54.7 Å². The lowest BCUT2D eigenvalue weighted by atomic mass is 10.0. The second-order valence-electron chi connectivity index (χ2n) is 10.6. The van der Waals surface area contributed by atoms with Crippen molar-refractivity contribution in [2.24, 2.45) is 0 Å². The predicted molar refractivity (Wildman–Crippen MR) is 130 cm³/mol. The molecule has 2 aliphatic rings. The van der Waals surface area contributed by atoms with Gasteiger partial charge in [-0.3, -0.25) is 9.78 Å². The predicted octanol–water partition coefficient (Wildman–Crippen LogP) is 3.45. The van der Waals surface area contributed by atoms with Crippen LogP contribution in [0.15, 0.2) is 24.5 Å². The Balaban J connectivity index is 1.48. The third kappa shape index (κ3) is 6.65. The van der Waals surface area contributed by atoms with Crippen molar-refractivity contribution in [3.8, 4) is 6.07 Å². The van der Waals surface area contributed by atoms with Gasteiger partial charge in [-0.25, -0.2) is 14.2 Å². The number of likely N-dealkylation sites (tertiary alicyclic amines) is 1. The number of carbonyl (C=O) groups is 2. The van der Waals surface area contributed by atoms with Crippen LogP contribution in [0.3, 0.4) is 0 Å². The summed E-state index contributed by atoms with van der Waals surface area (Å²) in [6.45, 7) is 3.89. The Hall–Kier alpha value is -3.73. The molecular formula is C25H28F4N6O4. The Morgan fingerprint density at radius 1 is 1.28 bits per heavy atom. The summed E-state index contributed by atoms with van der Waals surface area (Å²) < 4.78 is 67.1. The van der Waals surface area contributed by atoms with Gasteiger partial charge in [0.15, 0.2) is 11.8 Å². The number of nitrogens with one attached hydrogen (secondary N) is 1. The number of hydrogen-bond donors (Lipinski definition) is 1. The molecule has 1 N–H and O–H groups in total. The second kappa shape index (κ2) is 10.4. The van der Waals surface area contributed by atoms with Crippen LogP contribution in [0.1, 0.15) is 39.3 Å². The summed E-state index contributed by atoms with van der Waals surface area (Å²) in [6, 6.07) is 5.09. The maximum Gasteiger partial charge on any atom is 0.416 e. The molecule has 14 heteroatoms. The van der Waals surface area contributed by atoms with E-state index in [0.717, 1.165) is 4.90 Å². The number of morpholine rings is 1. The number of carbonyl (C=O) groups excluding carboxylic acids is 2. The van der Waals surface area contributed by atoms with Crippen molar-refractivity contribution in [1.29, 1.82) is 5.26 Å². The molecule has 2 fully saturated rings. The van der Waals surface area contributed by atoms with Crippen molar-refractivity contribution in [2.45, 2.75) is 63.4 Å². The monoisotopic (exact) mass is 552 g/mol. The number of rotatable bonds is 4. The lowest BCUT2D eigenvalue weighted by Crippen LogP contribution is -2.58. The smallest absolute Gasteiger partial charge is 0.416 e. The number of amides is 2.